The van der Waals surface area contributed by atoms with Gasteiger partial charge in [-0.3, -0.25) is 4.79 Å². The number of hydrogen-bond acceptors (Lipinski definition) is 4. The minimum atomic E-state index is -0.411. The number of amides is 1. The van der Waals surface area contributed by atoms with Crippen LogP contribution in [0.1, 0.15) is 12.7 Å². The van der Waals surface area contributed by atoms with Crippen molar-refractivity contribution < 1.29 is 4.79 Å². The lowest BCUT2D eigenvalue weighted by atomic mass is 10.5. The fraction of sp³-hybridized carbons (Fsp3) is 0.300. The summed E-state index contributed by atoms with van der Waals surface area (Å²) in [6.45, 7) is 7.12. The first-order chi connectivity index (χ1) is 7.10. The topological polar surface area (TPSA) is 80.9 Å². The molecule has 0 saturated carbocycles. The summed E-state index contributed by atoms with van der Waals surface area (Å²) in [6.07, 6.45) is 3.37. The van der Waals surface area contributed by atoms with Crippen molar-refractivity contribution in [2.24, 2.45) is 5.73 Å². The van der Waals surface area contributed by atoms with Gasteiger partial charge in [-0.25, -0.2) is 9.97 Å². The molecule has 1 amide bonds. The van der Waals surface area contributed by atoms with Crippen LogP contribution in [0.15, 0.2) is 24.9 Å². The number of carbonyl (C=O) groups excluding carboxylic acids is 1. The van der Waals surface area contributed by atoms with Crippen molar-refractivity contribution in [1.29, 1.82) is 0 Å². The van der Waals surface area contributed by atoms with Crippen molar-refractivity contribution in [3.05, 3.63) is 30.7 Å². The van der Waals surface area contributed by atoms with Gasteiger partial charge in [-0.05, 0) is 19.9 Å². The highest BCUT2D eigenvalue weighted by atomic mass is 16.1. The molecule has 0 bridgehead atoms. The third-order valence-corrected chi connectivity index (χ3v) is 1.22. The van der Waals surface area contributed by atoms with Crippen molar-refractivity contribution in [3.8, 4) is 0 Å². The second kappa shape index (κ2) is 7.49. The molecule has 0 saturated heterocycles. The van der Waals surface area contributed by atoms with E-state index in [0.717, 1.165) is 0 Å². The fourth-order valence-electron chi connectivity index (χ4n) is 0.732. The summed E-state index contributed by atoms with van der Waals surface area (Å²) >= 11 is 0. The van der Waals surface area contributed by atoms with E-state index in [0.29, 0.717) is 11.6 Å². The molecule has 1 aromatic heterocycles. The maximum Gasteiger partial charge on any atom is 0.236 e. The Balaban J connectivity index is 0.000000583. The highest BCUT2D eigenvalue weighted by molar-refractivity contribution is 5.78. The molecule has 0 aromatic carbocycles. The number of nitrogens with two attached hydrogens (primary N) is 1. The molecule has 3 N–H and O–H groups in total. The predicted octanol–water partition coefficient (Wildman–Crippen LogP) is 0.875. The van der Waals surface area contributed by atoms with E-state index in [9.17, 15) is 4.79 Å². The van der Waals surface area contributed by atoms with Crippen molar-refractivity contribution in [2.75, 3.05) is 11.9 Å². The van der Waals surface area contributed by atoms with Crippen LogP contribution >= 0.6 is 0 Å². The van der Waals surface area contributed by atoms with E-state index in [1.54, 1.807) is 25.3 Å². The molecule has 0 aliphatic carbocycles. The Labute approximate surface area is 89.4 Å². The van der Waals surface area contributed by atoms with Crippen molar-refractivity contribution in [1.82, 2.24) is 9.97 Å². The summed E-state index contributed by atoms with van der Waals surface area (Å²) in [5, 5.41) is 2.76. The van der Waals surface area contributed by atoms with E-state index < -0.39 is 5.91 Å². The molecule has 0 radical (unpaired) electrons. The number of aryl methyl sites for hydroxylation is 1. The number of nitrogens with zero attached hydrogens (tertiary/aromatic N) is 2. The second-order valence-electron chi connectivity index (χ2n) is 2.72. The number of rotatable bonds is 3. The maximum absolute atomic E-state index is 10.4. The van der Waals surface area contributed by atoms with Crippen molar-refractivity contribution in [3.63, 3.8) is 0 Å². The molecule has 82 valence electrons. The molecule has 0 unspecified atom stereocenters. The van der Waals surface area contributed by atoms with E-state index in [1.807, 2.05) is 6.92 Å². The molecule has 15 heavy (non-hydrogen) atoms. The highest BCUT2D eigenvalue weighted by Gasteiger charge is 1.96. The highest BCUT2D eigenvalue weighted by Crippen LogP contribution is 1.99. The van der Waals surface area contributed by atoms with Gasteiger partial charge in [-0.1, -0.05) is 6.08 Å². The molecule has 1 aromatic rings. The Morgan fingerprint density at radius 1 is 1.73 bits per heavy atom. The average molecular weight is 208 g/mol. The number of hydrogen-bond donors (Lipinski definition) is 2. The van der Waals surface area contributed by atoms with Crippen LogP contribution in [-0.4, -0.2) is 22.4 Å². The minimum Gasteiger partial charge on any atom is -0.368 e. The third-order valence-electron chi connectivity index (χ3n) is 1.22. The van der Waals surface area contributed by atoms with Crippen molar-refractivity contribution in [2.45, 2.75) is 13.8 Å². The van der Waals surface area contributed by atoms with Gasteiger partial charge in [0.2, 0.25) is 5.91 Å². The Kier molecular flexibility index (Phi) is 6.54. The van der Waals surface area contributed by atoms with E-state index in [1.165, 1.54) is 0 Å². The largest absolute Gasteiger partial charge is 0.368 e. The number of anilines is 1. The molecule has 1 rings (SSSR count). The smallest absolute Gasteiger partial charge is 0.236 e. The van der Waals surface area contributed by atoms with Gasteiger partial charge in [0.1, 0.15) is 11.6 Å². The molecule has 0 aliphatic rings. The Morgan fingerprint density at radius 2 is 2.33 bits per heavy atom. The van der Waals surface area contributed by atoms with Crippen LogP contribution in [0, 0.1) is 6.92 Å². The molecule has 0 atom stereocenters. The van der Waals surface area contributed by atoms with Gasteiger partial charge >= 0.3 is 0 Å². The lowest BCUT2D eigenvalue weighted by Crippen LogP contribution is -2.22. The Morgan fingerprint density at radius 3 is 2.80 bits per heavy atom. The first-order valence-corrected chi connectivity index (χ1v) is 4.49. The molecule has 5 nitrogen and oxygen atoms in total. The van der Waals surface area contributed by atoms with Gasteiger partial charge in [0.25, 0.3) is 0 Å². The van der Waals surface area contributed by atoms with Crippen LogP contribution in [0.25, 0.3) is 0 Å². The van der Waals surface area contributed by atoms with E-state index in [-0.39, 0.29) is 6.54 Å². The zero-order valence-corrected chi connectivity index (χ0v) is 9.03. The normalized spacial score (nSPS) is 8.40. The average Bonchev–Trinajstić information content (AvgIpc) is 2.16. The van der Waals surface area contributed by atoms with Gasteiger partial charge in [0.05, 0.1) is 6.54 Å². The first kappa shape index (κ1) is 13.1. The van der Waals surface area contributed by atoms with Crippen LogP contribution < -0.4 is 11.1 Å². The quantitative estimate of drug-likeness (QED) is 0.722. The lowest BCUT2D eigenvalue weighted by molar-refractivity contribution is -0.116. The SMILES string of the molecule is C=CC.Cc1nccc(NCC(N)=O)n1. The Hall–Kier alpha value is -1.91. The number of nitrogens with one attached hydrogen (secondary N) is 1. The number of allylic oxidation sites excluding steroid dienone is 1. The standard InChI is InChI=1S/C7H10N4O.C3H6/c1-5-9-3-2-7(11-5)10-4-6(8)12;1-3-2/h2-3H,4H2,1H3,(H2,8,12)(H,9,10,11);3H,1H2,2H3. The second-order valence-corrected chi connectivity index (χ2v) is 2.72. The monoisotopic (exact) mass is 208 g/mol. The summed E-state index contributed by atoms with van der Waals surface area (Å²) < 4.78 is 0. The van der Waals surface area contributed by atoms with E-state index >= 15 is 0 Å². The van der Waals surface area contributed by atoms with Crippen LogP contribution in [-0.2, 0) is 4.79 Å². The molecular weight excluding hydrogens is 192 g/mol. The molecule has 1 heterocycles. The van der Waals surface area contributed by atoms with Gasteiger partial charge in [-0.15, -0.1) is 6.58 Å². The number of primary amides is 1. The summed E-state index contributed by atoms with van der Waals surface area (Å²) in [7, 11) is 0. The summed E-state index contributed by atoms with van der Waals surface area (Å²) in [5.74, 6) is 0.858. The number of carbonyl (C=O) groups is 1. The third kappa shape index (κ3) is 7.18. The molecular formula is C10H16N4O. The van der Waals surface area contributed by atoms with Crippen LogP contribution in [0.2, 0.25) is 0 Å². The zero-order chi connectivity index (χ0) is 11.7. The molecule has 0 aliphatic heterocycles. The molecule has 0 spiro atoms. The van der Waals surface area contributed by atoms with Crippen LogP contribution in [0.4, 0.5) is 5.82 Å². The van der Waals surface area contributed by atoms with Crippen LogP contribution in [0.5, 0.6) is 0 Å². The van der Waals surface area contributed by atoms with Gasteiger partial charge in [0, 0.05) is 6.20 Å². The predicted molar refractivity (Wildman–Crippen MR) is 60.3 cm³/mol. The number of aromatic nitrogens is 2. The van der Waals surface area contributed by atoms with Gasteiger partial charge < -0.3 is 11.1 Å². The van der Waals surface area contributed by atoms with E-state index in [2.05, 4.69) is 21.9 Å². The maximum atomic E-state index is 10.4. The minimum absolute atomic E-state index is 0.0937. The van der Waals surface area contributed by atoms with Gasteiger partial charge in [0.15, 0.2) is 0 Å². The lowest BCUT2D eigenvalue weighted by Gasteiger charge is -2.01. The van der Waals surface area contributed by atoms with Gasteiger partial charge in [-0.2, -0.15) is 0 Å². The Bertz CT molecular complexity index is 325. The molecule has 0 fully saturated rings. The summed E-state index contributed by atoms with van der Waals surface area (Å²) in [5.41, 5.74) is 4.93. The molecule has 5 heteroatoms. The summed E-state index contributed by atoms with van der Waals surface area (Å²) in [4.78, 5) is 18.3. The summed E-state index contributed by atoms with van der Waals surface area (Å²) in [6, 6.07) is 1.68. The zero-order valence-electron chi connectivity index (χ0n) is 9.03. The van der Waals surface area contributed by atoms with E-state index in [4.69, 9.17) is 5.73 Å². The fourth-order valence-corrected chi connectivity index (χ4v) is 0.732. The first-order valence-electron chi connectivity index (χ1n) is 4.49. The van der Waals surface area contributed by atoms with Crippen LogP contribution in [0.3, 0.4) is 0 Å². The van der Waals surface area contributed by atoms with Crippen molar-refractivity contribution >= 4 is 11.7 Å².